The summed E-state index contributed by atoms with van der Waals surface area (Å²) < 4.78 is 0.795. The van der Waals surface area contributed by atoms with E-state index in [1.807, 2.05) is 0 Å². The van der Waals surface area contributed by atoms with Gasteiger partial charge in [-0.05, 0) is 19.3 Å². The molecule has 1 aliphatic carbocycles. The summed E-state index contributed by atoms with van der Waals surface area (Å²) in [4.78, 5) is 11.5. The summed E-state index contributed by atoms with van der Waals surface area (Å²) in [6, 6.07) is 0.211. The van der Waals surface area contributed by atoms with Crippen molar-refractivity contribution in [3.05, 3.63) is 11.1 Å². The third kappa shape index (κ3) is 3.48. The molecule has 0 heterocycles. The predicted molar refractivity (Wildman–Crippen MR) is 56.4 cm³/mol. The standard InChI is InChI=1S/C9H15BrN2O/c1-6(10)5-12-9(13)7-2-3-8(11)4-7/h7-8H,1-5,11H2,(H,12,13). The molecule has 2 atom stereocenters. The van der Waals surface area contributed by atoms with Gasteiger partial charge in [0, 0.05) is 23.0 Å². The smallest absolute Gasteiger partial charge is 0.223 e. The maximum Gasteiger partial charge on any atom is 0.223 e. The van der Waals surface area contributed by atoms with E-state index in [4.69, 9.17) is 5.73 Å². The second kappa shape index (κ2) is 4.77. The van der Waals surface area contributed by atoms with Gasteiger partial charge in [0.05, 0.1) is 0 Å². The Morgan fingerprint density at radius 3 is 2.77 bits per heavy atom. The van der Waals surface area contributed by atoms with E-state index >= 15 is 0 Å². The molecule has 0 aromatic heterocycles. The van der Waals surface area contributed by atoms with E-state index in [9.17, 15) is 4.79 Å². The van der Waals surface area contributed by atoms with Crippen LogP contribution in [0.25, 0.3) is 0 Å². The topological polar surface area (TPSA) is 55.1 Å². The van der Waals surface area contributed by atoms with Crippen molar-refractivity contribution >= 4 is 21.8 Å². The molecule has 0 aromatic rings. The van der Waals surface area contributed by atoms with E-state index in [0.29, 0.717) is 6.54 Å². The van der Waals surface area contributed by atoms with Gasteiger partial charge in [-0.15, -0.1) is 0 Å². The highest BCUT2D eigenvalue weighted by atomic mass is 79.9. The number of carbonyl (C=O) groups excluding carboxylic acids is 1. The Labute approximate surface area is 86.9 Å². The highest BCUT2D eigenvalue weighted by Gasteiger charge is 2.27. The summed E-state index contributed by atoms with van der Waals surface area (Å²) in [6.45, 7) is 4.15. The zero-order valence-corrected chi connectivity index (χ0v) is 9.14. The third-order valence-electron chi connectivity index (χ3n) is 2.30. The molecular weight excluding hydrogens is 232 g/mol. The quantitative estimate of drug-likeness (QED) is 0.785. The molecule has 0 aromatic carbocycles. The highest BCUT2D eigenvalue weighted by molar-refractivity contribution is 9.11. The Kier molecular flexibility index (Phi) is 3.93. The Balaban J connectivity index is 2.27. The second-order valence-corrected chi connectivity index (χ2v) is 4.63. The van der Waals surface area contributed by atoms with E-state index in [2.05, 4.69) is 27.8 Å². The first-order valence-electron chi connectivity index (χ1n) is 4.46. The molecule has 4 heteroatoms. The minimum absolute atomic E-state index is 0.105. The average Bonchev–Trinajstić information content (AvgIpc) is 2.47. The van der Waals surface area contributed by atoms with Gasteiger partial charge in [-0.25, -0.2) is 0 Å². The van der Waals surface area contributed by atoms with Crippen molar-refractivity contribution in [3.63, 3.8) is 0 Å². The Morgan fingerprint density at radius 1 is 1.62 bits per heavy atom. The van der Waals surface area contributed by atoms with Crippen LogP contribution in [0.5, 0.6) is 0 Å². The summed E-state index contributed by atoms with van der Waals surface area (Å²) in [5.74, 6) is 0.218. The molecule has 1 saturated carbocycles. The van der Waals surface area contributed by atoms with Crippen LogP contribution in [-0.4, -0.2) is 18.5 Å². The van der Waals surface area contributed by atoms with Crippen LogP contribution in [0.2, 0.25) is 0 Å². The Hall–Kier alpha value is -0.350. The number of hydrogen-bond donors (Lipinski definition) is 2. The summed E-state index contributed by atoms with van der Waals surface area (Å²) in [5, 5.41) is 2.80. The lowest BCUT2D eigenvalue weighted by Gasteiger charge is -2.09. The van der Waals surface area contributed by atoms with Crippen molar-refractivity contribution < 1.29 is 4.79 Å². The molecule has 1 aliphatic rings. The lowest BCUT2D eigenvalue weighted by molar-refractivity contribution is -0.124. The molecule has 0 radical (unpaired) electrons. The summed E-state index contributed by atoms with van der Waals surface area (Å²) in [6.07, 6.45) is 2.70. The lowest BCUT2D eigenvalue weighted by atomic mass is 10.1. The zero-order chi connectivity index (χ0) is 9.84. The predicted octanol–water partition coefficient (Wildman–Crippen LogP) is 1.14. The normalized spacial score (nSPS) is 27.2. The second-order valence-electron chi connectivity index (χ2n) is 3.51. The number of nitrogens with two attached hydrogens (primary N) is 1. The first kappa shape index (κ1) is 10.7. The fraction of sp³-hybridized carbons (Fsp3) is 0.667. The fourth-order valence-electron chi connectivity index (χ4n) is 1.58. The van der Waals surface area contributed by atoms with Gasteiger partial charge < -0.3 is 11.1 Å². The van der Waals surface area contributed by atoms with Crippen LogP contribution in [-0.2, 0) is 4.79 Å². The molecule has 0 spiro atoms. The molecule has 2 unspecified atom stereocenters. The van der Waals surface area contributed by atoms with Crippen LogP contribution in [0.15, 0.2) is 11.1 Å². The number of halogens is 1. The monoisotopic (exact) mass is 246 g/mol. The SMILES string of the molecule is C=C(Br)CNC(=O)C1CCC(N)C1. The van der Waals surface area contributed by atoms with Gasteiger partial charge in [-0.1, -0.05) is 22.5 Å². The number of amides is 1. The number of hydrogen-bond acceptors (Lipinski definition) is 2. The van der Waals surface area contributed by atoms with Crippen molar-refractivity contribution in [1.29, 1.82) is 0 Å². The Bertz CT molecular complexity index is 218. The number of rotatable bonds is 3. The number of carbonyl (C=O) groups is 1. The van der Waals surface area contributed by atoms with Gasteiger partial charge in [0.1, 0.15) is 0 Å². The van der Waals surface area contributed by atoms with Crippen molar-refractivity contribution in [1.82, 2.24) is 5.32 Å². The molecule has 1 rings (SSSR count). The molecule has 0 bridgehead atoms. The third-order valence-corrected chi connectivity index (χ3v) is 2.58. The molecular formula is C9H15BrN2O. The first-order valence-corrected chi connectivity index (χ1v) is 5.25. The van der Waals surface area contributed by atoms with E-state index in [-0.39, 0.29) is 17.9 Å². The van der Waals surface area contributed by atoms with E-state index in [1.165, 1.54) is 0 Å². The lowest BCUT2D eigenvalue weighted by Crippen LogP contribution is -2.31. The van der Waals surface area contributed by atoms with Crippen molar-refractivity contribution in [2.24, 2.45) is 11.7 Å². The number of nitrogens with one attached hydrogen (secondary N) is 1. The Morgan fingerprint density at radius 2 is 2.31 bits per heavy atom. The molecule has 74 valence electrons. The van der Waals surface area contributed by atoms with Crippen LogP contribution >= 0.6 is 15.9 Å². The van der Waals surface area contributed by atoms with Gasteiger partial charge in [-0.3, -0.25) is 4.79 Å². The largest absolute Gasteiger partial charge is 0.351 e. The minimum atomic E-state index is 0.105. The van der Waals surface area contributed by atoms with E-state index < -0.39 is 0 Å². The van der Waals surface area contributed by atoms with Gasteiger partial charge in [0.25, 0.3) is 0 Å². The summed E-state index contributed by atoms with van der Waals surface area (Å²) in [7, 11) is 0. The fourth-order valence-corrected chi connectivity index (χ4v) is 1.72. The summed E-state index contributed by atoms with van der Waals surface area (Å²) in [5.41, 5.74) is 5.71. The van der Waals surface area contributed by atoms with Crippen molar-refractivity contribution in [2.75, 3.05) is 6.54 Å². The van der Waals surface area contributed by atoms with Crippen molar-refractivity contribution in [2.45, 2.75) is 25.3 Å². The van der Waals surface area contributed by atoms with Crippen LogP contribution in [0, 0.1) is 5.92 Å². The minimum Gasteiger partial charge on any atom is -0.351 e. The highest BCUT2D eigenvalue weighted by Crippen LogP contribution is 2.23. The zero-order valence-electron chi connectivity index (χ0n) is 7.55. The van der Waals surface area contributed by atoms with Gasteiger partial charge in [0.15, 0.2) is 0 Å². The maximum absolute atomic E-state index is 11.5. The van der Waals surface area contributed by atoms with Gasteiger partial charge in [0.2, 0.25) is 5.91 Å². The molecule has 1 fully saturated rings. The molecule has 3 N–H and O–H groups in total. The van der Waals surface area contributed by atoms with E-state index in [1.54, 1.807) is 0 Å². The van der Waals surface area contributed by atoms with Crippen molar-refractivity contribution in [3.8, 4) is 0 Å². The maximum atomic E-state index is 11.5. The summed E-state index contributed by atoms with van der Waals surface area (Å²) >= 11 is 3.19. The molecule has 1 amide bonds. The van der Waals surface area contributed by atoms with Crippen LogP contribution in [0.1, 0.15) is 19.3 Å². The van der Waals surface area contributed by atoms with Crippen LogP contribution < -0.4 is 11.1 Å². The van der Waals surface area contributed by atoms with Crippen LogP contribution in [0.4, 0.5) is 0 Å². The van der Waals surface area contributed by atoms with Crippen LogP contribution in [0.3, 0.4) is 0 Å². The van der Waals surface area contributed by atoms with E-state index in [0.717, 1.165) is 23.7 Å². The molecule has 3 nitrogen and oxygen atoms in total. The average molecular weight is 247 g/mol. The molecule has 13 heavy (non-hydrogen) atoms. The molecule has 0 saturated heterocycles. The molecule has 0 aliphatic heterocycles. The first-order chi connectivity index (χ1) is 6.09. The van der Waals surface area contributed by atoms with Gasteiger partial charge in [-0.2, -0.15) is 0 Å². The van der Waals surface area contributed by atoms with Gasteiger partial charge >= 0.3 is 0 Å².